The Kier molecular flexibility index (Phi) is 8.33. The first-order chi connectivity index (χ1) is 22.2. The third-order valence-corrected chi connectivity index (χ3v) is 10.3. The number of likely N-dealkylation sites (tertiary alicyclic amines) is 1. The molecule has 3 aromatic carbocycles. The molecule has 12 heteroatoms. The molecule has 2 aliphatic heterocycles. The SMILES string of the molecule is COc1ccc(S(=O)(=O)N2C(=O)C(c3ccc(CNC(C)C)cc3OC)(N3CCCC3c3ncco3)c3cc(C#N)ccc32)cc1. The Balaban J connectivity index is 1.64. The van der Waals surface area contributed by atoms with Crippen LogP contribution >= 0.6 is 0 Å². The molecule has 0 saturated carbocycles. The van der Waals surface area contributed by atoms with Crippen molar-refractivity contribution in [3.63, 3.8) is 0 Å². The second-order valence-corrected chi connectivity index (χ2v) is 13.4. The minimum Gasteiger partial charge on any atom is -0.497 e. The number of hydrogen-bond acceptors (Lipinski definition) is 10. The van der Waals surface area contributed by atoms with Gasteiger partial charge < -0.3 is 19.2 Å². The first kappa shape index (κ1) is 31.3. The normalized spacial score (nSPS) is 19.8. The van der Waals surface area contributed by atoms with E-state index in [2.05, 4.69) is 30.2 Å². The predicted molar refractivity (Wildman–Crippen MR) is 170 cm³/mol. The third kappa shape index (κ3) is 5.01. The maximum atomic E-state index is 15.4. The first-order valence-corrected chi connectivity index (χ1v) is 16.5. The summed E-state index contributed by atoms with van der Waals surface area (Å²) in [5.74, 6) is 0.586. The van der Waals surface area contributed by atoms with Crippen LogP contribution in [0.5, 0.6) is 11.5 Å². The number of sulfonamides is 1. The summed E-state index contributed by atoms with van der Waals surface area (Å²) in [7, 11) is -1.43. The number of anilines is 1. The van der Waals surface area contributed by atoms with Crippen molar-refractivity contribution in [1.82, 2.24) is 15.2 Å². The number of hydrogen-bond donors (Lipinski definition) is 1. The van der Waals surface area contributed by atoms with E-state index in [-0.39, 0.29) is 22.2 Å². The van der Waals surface area contributed by atoms with Crippen LogP contribution in [-0.2, 0) is 26.9 Å². The van der Waals surface area contributed by atoms with Gasteiger partial charge in [0, 0.05) is 30.3 Å². The van der Waals surface area contributed by atoms with E-state index in [1.807, 2.05) is 23.1 Å². The van der Waals surface area contributed by atoms with Crippen LogP contribution in [0.4, 0.5) is 5.69 Å². The molecular weight excluding hydrogens is 606 g/mol. The summed E-state index contributed by atoms with van der Waals surface area (Å²) in [6.07, 6.45) is 4.34. The summed E-state index contributed by atoms with van der Waals surface area (Å²) in [4.78, 5) is 21.7. The Labute approximate surface area is 268 Å². The van der Waals surface area contributed by atoms with Crippen molar-refractivity contribution in [3.8, 4) is 17.6 Å². The molecule has 1 saturated heterocycles. The molecule has 238 valence electrons. The van der Waals surface area contributed by atoms with Crippen LogP contribution in [0.2, 0.25) is 0 Å². The van der Waals surface area contributed by atoms with Crippen LogP contribution in [0.3, 0.4) is 0 Å². The molecule has 11 nitrogen and oxygen atoms in total. The van der Waals surface area contributed by atoms with Crippen LogP contribution < -0.4 is 19.1 Å². The lowest BCUT2D eigenvalue weighted by Crippen LogP contribution is -2.54. The Morgan fingerprint density at radius 2 is 1.87 bits per heavy atom. The number of aromatic nitrogens is 1. The van der Waals surface area contributed by atoms with Crippen LogP contribution in [0.1, 0.15) is 60.9 Å². The van der Waals surface area contributed by atoms with Crippen molar-refractivity contribution in [2.45, 2.75) is 55.8 Å². The summed E-state index contributed by atoms with van der Waals surface area (Å²) in [6.45, 7) is 5.08. The number of ether oxygens (including phenoxy) is 2. The van der Waals surface area contributed by atoms with Crippen LogP contribution in [0, 0.1) is 11.3 Å². The minimum atomic E-state index is -4.44. The topological polar surface area (TPSA) is 138 Å². The zero-order chi connectivity index (χ0) is 32.6. The molecule has 0 aliphatic carbocycles. The zero-order valence-corrected chi connectivity index (χ0v) is 26.9. The molecule has 2 unspecified atom stereocenters. The number of benzene rings is 3. The highest BCUT2D eigenvalue weighted by molar-refractivity contribution is 7.93. The summed E-state index contributed by atoms with van der Waals surface area (Å²) in [5.41, 5.74) is 0.462. The van der Waals surface area contributed by atoms with Crippen LogP contribution in [-0.4, -0.2) is 51.0 Å². The number of amides is 1. The maximum absolute atomic E-state index is 15.4. The van der Waals surface area contributed by atoms with Gasteiger partial charge in [-0.2, -0.15) is 5.26 Å². The molecule has 1 amide bonds. The van der Waals surface area contributed by atoms with Gasteiger partial charge in [0.25, 0.3) is 15.9 Å². The average molecular weight is 642 g/mol. The summed E-state index contributed by atoms with van der Waals surface area (Å²) >= 11 is 0. The number of oxazole rings is 1. The quantitative estimate of drug-likeness (QED) is 0.255. The number of carbonyl (C=O) groups excluding carboxylic acids is 1. The van der Waals surface area contributed by atoms with E-state index in [4.69, 9.17) is 13.9 Å². The number of rotatable bonds is 10. The fourth-order valence-corrected chi connectivity index (χ4v) is 7.98. The lowest BCUT2D eigenvalue weighted by atomic mass is 9.80. The molecule has 2 atom stereocenters. The van der Waals surface area contributed by atoms with Gasteiger partial charge in [-0.25, -0.2) is 17.7 Å². The molecule has 4 aromatic rings. The van der Waals surface area contributed by atoms with Gasteiger partial charge in [-0.05, 0) is 66.9 Å². The van der Waals surface area contributed by atoms with Crippen molar-refractivity contribution in [2.24, 2.45) is 0 Å². The van der Waals surface area contributed by atoms with Gasteiger partial charge in [0.1, 0.15) is 17.8 Å². The maximum Gasteiger partial charge on any atom is 0.271 e. The lowest BCUT2D eigenvalue weighted by molar-refractivity contribution is -0.127. The van der Waals surface area contributed by atoms with E-state index in [1.165, 1.54) is 56.9 Å². The molecule has 0 radical (unpaired) electrons. The van der Waals surface area contributed by atoms with E-state index >= 15 is 4.79 Å². The van der Waals surface area contributed by atoms with Gasteiger partial charge in [0.15, 0.2) is 5.54 Å². The number of carbonyl (C=O) groups is 1. The standard InChI is InChI=1S/C34H35N5O6S/c1-22(2)37-21-24-7-13-27(31(19-24)44-4)34(38-16-5-6-30(38)32-36-15-17-45-32)28-18-23(20-35)8-14-29(28)39(33(34)40)46(41,42)26-11-9-25(43-3)10-12-26/h7-15,17-19,22,30,37H,5-6,16,21H2,1-4H3. The van der Waals surface area contributed by atoms with Gasteiger partial charge >= 0.3 is 0 Å². The van der Waals surface area contributed by atoms with Crippen molar-refractivity contribution < 1.29 is 27.1 Å². The van der Waals surface area contributed by atoms with Crippen molar-refractivity contribution >= 4 is 21.6 Å². The average Bonchev–Trinajstić information content (AvgIpc) is 3.82. The number of methoxy groups -OCH3 is 2. The number of fused-ring (bicyclic) bond motifs is 1. The molecule has 1 aromatic heterocycles. The van der Waals surface area contributed by atoms with E-state index in [0.717, 1.165) is 9.87 Å². The fraction of sp³-hybridized carbons (Fsp3) is 0.324. The number of nitrogens with zero attached hydrogens (tertiary/aromatic N) is 4. The number of nitrogens with one attached hydrogen (secondary N) is 1. The first-order valence-electron chi connectivity index (χ1n) is 15.0. The highest BCUT2D eigenvalue weighted by atomic mass is 32.2. The Bertz CT molecular complexity index is 1900. The van der Waals surface area contributed by atoms with Crippen molar-refractivity contribution in [1.29, 1.82) is 5.26 Å². The van der Waals surface area contributed by atoms with Crippen molar-refractivity contribution in [3.05, 3.63) is 101 Å². The Morgan fingerprint density at radius 1 is 1.09 bits per heavy atom. The molecule has 1 fully saturated rings. The second kappa shape index (κ2) is 12.2. The van der Waals surface area contributed by atoms with E-state index in [9.17, 15) is 13.7 Å². The van der Waals surface area contributed by atoms with Crippen molar-refractivity contribution in [2.75, 3.05) is 25.1 Å². The summed E-state index contributed by atoms with van der Waals surface area (Å²) in [6, 6.07) is 18.1. The van der Waals surface area contributed by atoms with Gasteiger partial charge in [0.05, 0.1) is 48.7 Å². The highest BCUT2D eigenvalue weighted by Gasteiger charge is 2.62. The van der Waals surface area contributed by atoms with E-state index < -0.39 is 27.5 Å². The second-order valence-electron chi connectivity index (χ2n) is 11.6. The smallest absolute Gasteiger partial charge is 0.271 e. The molecule has 1 N–H and O–H groups in total. The Morgan fingerprint density at radius 3 is 2.52 bits per heavy atom. The minimum absolute atomic E-state index is 0.0829. The van der Waals surface area contributed by atoms with E-state index in [1.54, 1.807) is 12.3 Å². The molecular formula is C34H35N5O6S. The third-order valence-electron chi connectivity index (χ3n) is 8.62. The van der Waals surface area contributed by atoms with Gasteiger partial charge in [0.2, 0.25) is 5.89 Å². The van der Waals surface area contributed by atoms with Gasteiger partial charge in [-0.1, -0.05) is 26.0 Å². The van der Waals surface area contributed by atoms with Crippen LogP contribution in [0.25, 0.3) is 0 Å². The lowest BCUT2D eigenvalue weighted by Gasteiger charge is -2.41. The van der Waals surface area contributed by atoms with E-state index in [0.29, 0.717) is 54.4 Å². The summed E-state index contributed by atoms with van der Waals surface area (Å²) in [5, 5.41) is 13.4. The van der Waals surface area contributed by atoms with Gasteiger partial charge in [-0.15, -0.1) is 0 Å². The largest absolute Gasteiger partial charge is 0.497 e. The molecule has 46 heavy (non-hydrogen) atoms. The molecule has 3 heterocycles. The predicted octanol–water partition coefficient (Wildman–Crippen LogP) is 4.88. The zero-order valence-electron chi connectivity index (χ0n) is 26.1. The molecule has 2 aliphatic rings. The number of nitriles is 1. The highest BCUT2D eigenvalue weighted by Crippen LogP contribution is 2.56. The fourth-order valence-electron chi connectivity index (χ4n) is 6.52. The molecule has 0 bridgehead atoms. The van der Waals surface area contributed by atoms with Gasteiger partial charge in [-0.3, -0.25) is 9.69 Å². The summed E-state index contributed by atoms with van der Waals surface area (Å²) < 4.78 is 46.8. The molecule has 6 rings (SSSR count). The monoisotopic (exact) mass is 641 g/mol. The Hall–Kier alpha value is -4.70. The molecule has 0 spiro atoms. The van der Waals surface area contributed by atoms with Crippen LogP contribution in [0.15, 0.2) is 82.4 Å².